The van der Waals surface area contributed by atoms with Gasteiger partial charge in [-0.05, 0) is 19.1 Å². The molecule has 1 N–H and O–H groups in total. The molecule has 0 unspecified atom stereocenters. The number of hydrogen-bond acceptors (Lipinski definition) is 5. The molecule has 0 aliphatic heterocycles. The van der Waals surface area contributed by atoms with E-state index < -0.39 is 11.8 Å². The molecule has 0 bridgehead atoms. The van der Waals surface area contributed by atoms with E-state index in [1.165, 1.54) is 6.20 Å². The minimum atomic E-state index is -1.03. The molecular formula is C15H14N2O4. The van der Waals surface area contributed by atoms with Crippen molar-refractivity contribution in [2.45, 2.75) is 6.92 Å². The average Bonchev–Trinajstić information content (AvgIpc) is 2.88. The molecule has 0 aliphatic carbocycles. The third-order valence-corrected chi connectivity index (χ3v) is 2.94. The van der Waals surface area contributed by atoms with Gasteiger partial charge in [0.2, 0.25) is 0 Å². The van der Waals surface area contributed by atoms with Gasteiger partial charge in [0.05, 0.1) is 30.3 Å². The monoisotopic (exact) mass is 286 g/mol. The lowest BCUT2D eigenvalue weighted by Crippen LogP contribution is -2.13. The van der Waals surface area contributed by atoms with Crippen molar-refractivity contribution >= 4 is 17.5 Å². The molecule has 1 aromatic carbocycles. The van der Waals surface area contributed by atoms with Gasteiger partial charge in [-0.3, -0.25) is 4.79 Å². The maximum Gasteiger partial charge on any atom is 0.378 e. The van der Waals surface area contributed by atoms with Crippen LogP contribution in [0.4, 0.5) is 0 Å². The largest absolute Gasteiger partial charge is 0.507 e. The second-order valence-electron chi connectivity index (χ2n) is 4.28. The first kappa shape index (κ1) is 14.5. The second-order valence-corrected chi connectivity index (χ2v) is 4.28. The molecule has 1 aromatic heterocycles. The van der Waals surface area contributed by atoms with Gasteiger partial charge in [-0.2, -0.15) is 5.10 Å². The smallest absolute Gasteiger partial charge is 0.378 e. The fourth-order valence-electron chi connectivity index (χ4n) is 1.85. The van der Waals surface area contributed by atoms with Gasteiger partial charge in [-0.25, -0.2) is 9.48 Å². The first-order chi connectivity index (χ1) is 10.0. The fourth-order valence-corrected chi connectivity index (χ4v) is 1.85. The fraction of sp³-hybridized carbons (Fsp3) is 0.133. The third kappa shape index (κ3) is 3.00. The van der Waals surface area contributed by atoms with Crippen molar-refractivity contribution in [1.82, 2.24) is 9.78 Å². The summed E-state index contributed by atoms with van der Waals surface area (Å²) < 4.78 is 5.92. The molecule has 0 aliphatic rings. The molecule has 0 atom stereocenters. The molecule has 0 spiro atoms. The Labute approximate surface area is 121 Å². The zero-order chi connectivity index (χ0) is 15.4. The Morgan fingerprint density at radius 2 is 1.95 bits per heavy atom. The summed E-state index contributed by atoms with van der Waals surface area (Å²) in [5.74, 6) is -2.29. The quantitative estimate of drug-likeness (QED) is 0.401. The normalized spacial score (nSPS) is 11.2. The summed E-state index contributed by atoms with van der Waals surface area (Å²) in [5.41, 5.74) is 1.84. The molecule has 6 nitrogen and oxygen atoms in total. The minimum Gasteiger partial charge on any atom is -0.507 e. The van der Waals surface area contributed by atoms with Crippen molar-refractivity contribution in [2.75, 3.05) is 7.11 Å². The highest BCUT2D eigenvalue weighted by Gasteiger charge is 2.16. The second kappa shape index (κ2) is 6.04. The summed E-state index contributed by atoms with van der Waals surface area (Å²) in [5, 5.41) is 14.1. The highest BCUT2D eigenvalue weighted by Crippen LogP contribution is 2.19. The predicted molar refractivity (Wildman–Crippen MR) is 75.9 cm³/mol. The number of ketones is 1. The SMILES string of the molecule is COC(=O)C(=O)/C=C(/O)c1cnn(-c2ccccc2)c1C. The number of para-hydroxylation sites is 1. The predicted octanol–water partition coefficient (Wildman–Crippen LogP) is 1.82. The van der Waals surface area contributed by atoms with Crippen molar-refractivity contribution in [1.29, 1.82) is 0 Å². The molecule has 108 valence electrons. The number of ether oxygens (including phenoxy) is 1. The van der Waals surface area contributed by atoms with E-state index in [9.17, 15) is 14.7 Å². The number of benzene rings is 1. The van der Waals surface area contributed by atoms with Crippen LogP contribution in [0.1, 0.15) is 11.3 Å². The van der Waals surface area contributed by atoms with Crippen LogP contribution in [-0.4, -0.2) is 33.7 Å². The Kier molecular flexibility index (Phi) is 4.18. The molecule has 2 aromatic rings. The van der Waals surface area contributed by atoms with Crippen molar-refractivity contribution in [3.63, 3.8) is 0 Å². The number of aromatic nitrogens is 2. The van der Waals surface area contributed by atoms with Gasteiger partial charge in [0, 0.05) is 6.08 Å². The van der Waals surface area contributed by atoms with E-state index in [2.05, 4.69) is 9.84 Å². The van der Waals surface area contributed by atoms with E-state index in [4.69, 9.17) is 0 Å². The van der Waals surface area contributed by atoms with Crippen LogP contribution in [0, 0.1) is 6.92 Å². The Hall–Kier alpha value is -2.89. The Balaban J connectivity index is 2.35. The summed E-state index contributed by atoms with van der Waals surface area (Å²) in [7, 11) is 1.10. The highest BCUT2D eigenvalue weighted by atomic mass is 16.5. The number of esters is 1. The van der Waals surface area contributed by atoms with Crippen LogP contribution in [0.15, 0.2) is 42.6 Å². The van der Waals surface area contributed by atoms with E-state index in [1.54, 1.807) is 11.6 Å². The molecular weight excluding hydrogens is 272 g/mol. The van der Waals surface area contributed by atoms with E-state index in [1.807, 2.05) is 30.3 Å². The van der Waals surface area contributed by atoms with Crippen LogP contribution >= 0.6 is 0 Å². The summed E-state index contributed by atoms with van der Waals surface area (Å²) in [6, 6.07) is 9.35. The van der Waals surface area contributed by atoms with E-state index in [0.717, 1.165) is 18.9 Å². The molecule has 21 heavy (non-hydrogen) atoms. The first-order valence-electron chi connectivity index (χ1n) is 6.18. The lowest BCUT2D eigenvalue weighted by atomic mass is 10.2. The number of aliphatic hydroxyl groups is 1. The van der Waals surface area contributed by atoms with E-state index >= 15 is 0 Å². The standard InChI is InChI=1S/C15H14N2O4/c1-10-12(13(18)8-14(19)15(20)21-2)9-16-17(10)11-6-4-3-5-7-11/h3-9,18H,1-2H3/b13-8+. The van der Waals surface area contributed by atoms with Crippen LogP contribution in [0.5, 0.6) is 0 Å². The van der Waals surface area contributed by atoms with Gasteiger partial charge in [-0.15, -0.1) is 0 Å². The molecule has 0 amide bonds. The lowest BCUT2D eigenvalue weighted by Gasteiger charge is -2.04. The molecule has 0 fully saturated rings. The Morgan fingerprint density at radius 1 is 1.29 bits per heavy atom. The van der Waals surface area contributed by atoms with Crippen molar-refractivity contribution in [3.8, 4) is 5.69 Å². The van der Waals surface area contributed by atoms with Gasteiger partial charge in [-0.1, -0.05) is 18.2 Å². The zero-order valence-corrected chi connectivity index (χ0v) is 11.6. The number of methoxy groups -OCH3 is 1. The summed E-state index contributed by atoms with van der Waals surface area (Å²) in [6.45, 7) is 1.75. The summed E-state index contributed by atoms with van der Waals surface area (Å²) >= 11 is 0. The van der Waals surface area contributed by atoms with Gasteiger partial charge in [0.15, 0.2) is 0 Å². The van der Waals surface area contributed by atoms with Crippen LogP contribution in [0.2, 0.25) is 0 Å². The number of carbonyl (C=O) groups is 2. The topological polar surface area (TPSA) is 81.4 Å². The minimum absolute atomic E-state index is 0.329. The molecule has 0 saturated heterocycles. The van der Waals surface area contributed by atoms with Gasteiger partial charge in [0.25, 0.3) is 5.78 Å². The van der Waals surface area contributed by atoms with Crippen LogP contribution in [-0.2, 0) is 14.3 Å². The van der Waals surface area contributed by atoms with Gasteiger partial charge >= 0.3 is 5.97 Å². The summed E-state index contributed by atoms with van der Waals surface area (Å²) in [4.78, 5) is 22.4. The first-order valence-corrected chi connectivity index (χ1v) is 6.18. The molecule has 0 saturated carbocycles. The molecule has 0 radical (unpaired) electrons. The number of nitrogens with zero attached hydrogens (tertiary/aromatic N) is 2. The molecule has 6 heteroatoms. The Morgan fingerprint density at radius 3 is 2.57 bits per heavy atom. The lowest BCUT2D eigenvalue weighted by molar-refractivity contribution is -0.149. The number of rotatable bonds is 4. The highest BCUT2D eigenvalue weighted by molar-refractivity contribution is 6.39. The Bertz CT molecular complexity index is 702. The number of carbonyl (C=O) groups excluding carboxylic acids is 2. The third-order valence-electron chi connectivity index (χ3n) is 2.94. The van der Waals surface area contributed by atoms with Crippen LogP contribution in [0.25, 0.3) is 11.4 Å². The van der Waals surface area contributed by atoms with Gasteiger partial charge < -0.3 is 9.84 Å². The number of hydrogen-bond donors (Lipinski definition) is 1. The van der Waals surface area contributed by atoms with Crippen molar-refractivity contribution < 1.29 is 19.4 Å². The van der Waals surface area contributed by atoms with Crippen molar-refractivity contribution in [3.05, 3.63) is 53.9 Å². The molecule has 2 rings (SSSR count). The maximum absolute atomic E-state index is 11.4. The summed E-state index contributed by atoms with van der Waals surface area (Å²) in [6.07, 6.45) is 2.25. The maximum atomic E-state index is 11.4. The van der Waals surface area contributed by atoms with E-state index in [0.29, 0.717) is 11.3 Å². The van der Waals surface area contributed by atoms with Gasteiger partial charge in [0.1, 0.15) is 5.76 Å². The van der Waals surface area contributed by atoms with E-state index in [-0.39, 0.29) is 5.76 Å². The van der Waals surface area contributed by atoms with Crippen molar-refractivity contribution in [2.24, 2.45) is 0 Å². The molecule has 1 heterocycles. The van der Waals surface area contributed by atoms with Crippen LogP contribution < -0.4 is 0 Å². The number of aliphatic hydroxyl groups excluding tert-OH is 1. The average molecular weight is 286 g/mol. The zero-order valence-electron chi connectivity index (χ0n) is 11.6. The van der Waals surface area contributed by atoms with Crippen LogP contribution in [0.3, 0.4) is 0 Å².